The lowest BCUT2D eigenvalue weighted by Crippen LogP contribution is -2.54. The van der Waals surface area contributed by atoms with Crippen LogP contribution in [0.2, 0.25) is 10.0 Å². The van der Waals surface area contributed by atoms with E-state index < -0.39 is 0 Å². The average Bonchev–Trinajstić information content (AvgIpc) is 2.98. The first kappa shape index (κ1) is 24.5. The first-order chi connectivity index (χ1) is 11.8. The molecule has 1 saturated heterocycles. The molecule has 9 heteroatoms. The largest absolute Gasteiger partial charge is 0.342 e. The normalized spacial score (nSPS) is 18.4. The van der Waals surface area contributed by atoms with Gasteiger partial charge in [0.25, 0.3) is 0 Å². The number of thiazole rings is 1. The first-order valence-corrected chi connectivity index (χ1v) is 9.83. The molecule has 150 valence electrons. The van der Waals surface area contributed by atoms with Gasteiger partial charge in [-0.3, -0.25) is 4.79 Å². The van der Waals surface area contributed by atoms with Crippen LogP contribution in [-0.4, -0.2) is 34.9 Å². The lowest BCUT2D eigenvalue weighted by atomic mass is 9.79. The lowest BCUT2D eigenvalue weighted by Gasteiger charge is -2.42. The quantitative estimate of drug-likeness (QED) is 0.679. The third kappa shape index (κ3) is 5.72. The number of amides is 1. The molecule has 2 N–H and O–H groups in total. The van der Waals surface area contributed by atoms with Crippen LogP contribution < -0.4 is 5.73 Å². The van der Waals surface area contributed by atoms with Crippen LogP contribution in [0, 0.1) is 5.41 Å². The van der Waals surface area contributed by atoms with Crippen molar-refractivity contribution in [3.8, 4) is 10.6 Å². The number of carbonyl (C=O) groups is 1. The van der Waals surface area contributed by atoms with Crippen molar-refractivity contribution in [1.29, 1.82) is 0 Å². The second-order valence-electron chi connectivity index (χ2n) is 7.14. The smallest absolute Gasteiger partial charge is 0.228 e. The number of nitrogens with zero attached hydrogens (tertiary/aromatic N) is 2. The fourth-order valence-corrected chi connectivity index (χ4v) is 4.44. The SMILES string of the molecule is CC1(C)CN(C(=O)Cc2csc(-c3ccc(Cl)cc3Cl)n2)CCC1N.Cl.Cl. The highest BCUT2D eigenvalue weighted by Crippen LogP contribution is 2.33. The standard InChI is InChI=1S/C18H21Cl2N3OS.2ClH/c1-18(2)10-23(6-5-15(18)21)16(24)8-12-9-25-17(22-12)13-4-3-11(19)7-14(13)20;;/h3-4,7,9,15H,5-6,8,10,21H2,1-2H3;2*1H. The highest BCUT2D eigenvalue weighted by Gasteiger charge is 2.35. The van der Waals surface area contributed by atoms with Crippen molar-refractivity contribution in [3.63, 3.8) is 0 Å². The minimum atomic E-state index is -0.0576. The molecule has 2 heterocycles. The summed E-state index contributed by atoms with van der Waals surface area (Å²) in [5.41, 5.74) is 7.69. The Labute approximate surface area is 186 Å². The van der Waals surface area contributed by atoms with Crippen LogP contribution in [0.15, 0.2) is 23.6 Å². The van der Waals surface area contributed by atoms with E-state index in [1.165, 1.54) is 11.3 Å². The van der Waals surface area contributed by atoms with Crippen LogP contribution in [0.1, 0.15) is 26.0 Å². The molecule has 1 aliphatic heterocycles. The molecule has 2 aromatic rings. The molecule has 1 aliphatic rings. The zero-order chi connectivity index (χ0) is 18.2. The molecule has 0 bridgehead atoms. The summed E-state index contributed by atoms with van der Waals surface area (Å²) in [6.45, 7) is 5.62. The number of hydrogen-bond donors (Lipinski definition) is 1. The predicted molar refractivity (Wildman–Crippen MR) is 119 cm³/mol. The zero-order valence-electron chi connectivity index (χ0n) is 15.1. The summed E-state index contributed by atoms with van der Waals surface area (Å²) in [6, 6.07) is 5.47. The van der Waals surface area contributed by atoms with Crippen molar-refractivity contribution < 1.29 is 4.79 Å². The molecule has 3 rings (SSSR count). The summed E-state index contributed by atoms with van der Waals surface area (Å²) in [5, 5.41) is 3.86. The van der Waals surface area contributed by atoms with E-state index in [0.29, 0.717) is 29.6 Å². The molecule has 0 aliphatic carbocycles. The Hall–Kier alpha value is -0.560. The molecule has 0 spiro atoms. The Morgan fingerprint density at radius 2 is 2.07 bits per heavy atom. The maximum atomic E-state index is 12.6. The van der Waals surface area contributed by atoms with Crippen molar-refractivity contribution >= 4 is 65.3 Å². The van der Waals surface area contributed by atoms with E-state index in [9.17, 15) is 4.79 Å². The number of piperidine rings is 1. The Balaban J connectivity index is 0.00000182. The van der Waals surface area contributed by atoms with Crippen molar-refractivity contribution in [1.82, 2.24) is 9.88 Å². The topological polar surface area (TPSA) is 59.2 Å². The van der Waals surface area contributed by atoms with E-state index >= 15 is 0 Å². The molecule has 27 heavy (non-hydrogen) atoms. The van der Waals surface area contributed by atoms with E-state index in [-0.39, 0.29) is 42.2 Å². The number of hydrogen-bond acceptors (Lipinski definition) is 4. The second kappa shape index (κ2) is 9.77. The van der Waals surface area contributed by atoms with Crippen molar-refractivity contribution in [3.05, 3.63) is 39.3 Å². The summed E-state index contributed by atoms with van der Waals surface area (Å²) in [5.74, 6) is 0.0963. The molecule has 1 aromatic heterocycles. The molecule has 0 saturated carbocycles. The summed E-state index contributed by atoms with van der Waals surface area (Å²) < 4.78 is 0. The monoisotopic (exact) mass is 469 g/mol. The van der Waals surface area contributed by atoms with Gasteiger partial charge in [-0.1, -0.05) is 37.0 Å². The van der Waals surface area contributed by atoms with E-state index in [2.05, 4.69) is 18.8 Å². The summed E-state index contributed by atoms with van der Waals surface area (Å²) in [4.78, 5) is 19.1. The summed E-state index contributed by atoms with van der Waals surface area (Å²) >= 11 is 13.7. The maximum absolute atomic E-state index is 12.6. The van der Waals surface area contributed by atoms with E-state index in [1.807, 2.05) is 16.3 Å². The Morgan fingerprint density at radius 1 is 1.37 bits per heavy atom. The molecule has 1 amide bonds. The Kier molecular flexibility index (Phi) is 8.86. The van der Waals surface area contributed by atoms with Crippen LogP contribution in [0.4, 0.5) is 0 Å². The number of aromatic nitrogens is 1. The highest BCUT2D eigenvalue weighted by molar-refractivity contribution is 7.13. The van der Waals surface area contributed by atoms with E-state index in [0.717, 1.165) is 22.7 Å². The van der Waals surface area contributed by atoms with Crippen molar-refractivity contribution in [2.45, 2.75) is 32.7 Å². The summed E-state index contributed by atoms with van der Waals surface area (Å²) in [6.07, 6.45) is 1.13. The zero-order valence-corrected chi connectivity index (χ0v) is 19.0. The molecule has 1 atom stereocenters. The minimum absolute atomic E-state index is 0. The van der Waals surface area contributed by atoms with Gasteiger partial charge in [0.05, 0.1) is 17.1 Å². The highest BCUT2D eigenvalue weighted by atomic mass is 35.5. The average molecular weight is 471 g/mol. The van der Waals surface area contributed by atoms with Gasteiger partial charge in [0.1, 0.15) is 5.01 Å². The molecule has 0 radical (unpaired) electrons. The molecule has 4 nitrogen and oxygen atoms in total. The lowest BCUT2D eigenvalue weighted by molar-refractivity contribution is -0.133. The van der Waals surface area contributed by atoms with Gasteiger partial charge in [-0.15, -0.1) is 36.2 Å². The molecule has 1 aromatic carbocycles. The van der Waals surface area contributed by atoms with Crippen LogP contribution in [0.25, 0.3) is 10.6 Å². The van der Waals surface area contributed by atoms with Crippen molar-refractivity contribution in [2.24, 2.45) is 11.1 Å². The number of benzene rings is 1. The van der Waals surface area contributed by atoms with Gasteiger partial charge in [0.15, 0.2) is 0 Å². The Bertz CT molecular complexity index is 797. The number of likely N-dealkylation sites (tertiary alicyclic amines) is 1. The van der Waals surface area contributed by atoms with Gasteiger partial charge >= 0.3 is 0 Å². The Morgan fingerprint density at radius 3 is 2.70 bits per heavy atom. The third-order valence-corrected chi connectivity index (χ3v) is 6.18. The molecular formula is C18H23Cl4N3OS. The number of rotatable bonds is 3. The van der Waals surface area contributed by atoms with Gasteiger partial charge in [-0.2, -0.15) is 0 Å². The van der Waals surface area contributed by atoms with Crippen molar-refractivity contribution in [2.75, 3.05) is 13.1 Å². The van der Waals surface area contributed by atoms with Crippen LogP contribution in [0.5, 0.6) is 0 Å². The maximum Gasteiger partial charge on any atom is 0.228 e. The van der Waals surface area contributed by atoms with Crippen LogP contribution >= 0.6 is 59.4 Å². The minimum Gasteiger partial charge on any atom is -0.342 e. The molecule has 1 unspecified atom stereocenters. The van der Waals surface area contributed by atoms with Gasteiger partial charge in [-0.25, -0.2) is 4.98 Å². The van der Waals surface area contributed by atoms with Gasteiger partial charge in [-0.05, 0) is 30.0 Å². The van der Waals surface area contributed by atoms with Gasteiger partial charge in [0, 0.05) is 35.1 Å². The molecule has 1 fully saturated rings. The molecular weight excluding hydrogens is 448 g/mol. The first-order valence-electron chi connectivity index (χ1n) is 8.19. The predicted octanol–water partition coefficient (Wildman–Crippen LogP) is 5.09. The van der Waals surface area contributed by atoms with Gasteiger partial charge < -0.3 is 10.6 Å². The van der Waals surface area contributed by atoms with Gasteiger partial charge in [0.2, 0.25) is 5.91 Å². The summed E-state index contributed by atoms with van der Waals surface area (Å²) in [7, 11) is 0. The second-order valence-corrected chi connectivity index (χ2v) is 8.85. The number of nitrogens with two attached hydrogens (primary N) is 1. The third-order valence-electron chi connectivity index (χ3n) is 4.71. The van der Waals surface area contributed by atoms with E-state index in [4.69, 9.17) is 28.9 Å². The van der Waals surface area contributed by atoms with Crippen LogP contribution in [0.3, 0.4) is 0 Å². The van der Waals surface area contributed by atoms with Crippen LogP contribution in [-0.2, 0) is 11.2 Å². The van der Waals surface area contributed by atoms with E-state index in [1.54, 1.807) is 12.1 Å². The number of carbonyl (C=O) groups excluding carboxylic acids is 1. The fraction of sp³-hybridized carbons (Fsp3) is 0.444. The number of halogens is 4. The fourth-order valence-electron chi connectivity index (χ4n) is 3.03.